The Kier molecular flexibility index (Phi) is 9.54. The van der Waals surface area contributed by atoms with E-state index in [2.05, 4.69) is 34.5 Å². The molecule has 4 unspecified atom stereocenters. The van der Waals surface area contributed by atoms with Gasteiger partial charge in [-0.05, 0) is 129 Å². The van der Waals surface area contributed by atoms with Crippen molar-refractivity contribution in [3.63, 3.8) is 0 Å². The summed E-state index contributed by atoms with van der Waals surface area (Å²) in [6.45, 7) is 6.73. The second kappa shape index (κ2) is 13.8. The fourth-order valence-corrected chi connectivity index (χ4v) is 8.83. The van der Waals surface area contributed by atoms with Crippen molar-refractivity contribution >= 4 is 35.1 Å². The van der Waals surface area contributed by atoms with Gasteiger partial charge in [0.05, 0.1) is 35.7 Å². The molecule has 1 aromatic heterocycles. The number of carbonyl (C=O) groups excluding carboxylic acids is 1. The first-order valence-electron chi connectivity index (χ1n) is 16.9. The van der Waals surface area contributed by atoms with E-state index in [1.165, 1.54) is 17.5 Å². The van der Waals surface area contributed by atoms with Gasteiger partial charge in [0.1, 0.15) is 11.6 Å². The van der Waals surface area contributed by atoms with Crippen LogP contribution in [0.1, 0.15) is 79.6 Å². The zero-order valence-electron chi connectivity index (χ0n) is 27.1. The molecule has 9 heteroatoms. The number of aromatic nitrogens is 1. The van der Waals surface area contributed by atoms with E-state index in [9.17, 15) is 4.79 Å². The monoisotopic (exact) mass is 675 g/mol. The van der Waals surface area contributed by atoms with Gasteiger partial charge in [-0.25, -0.2) is 4.39 Å². The van der Waals surface area contributed by atoms with Crippen LogP contribution in [-0.2, 0) is 23.2 Å². The van der Waals surface area contributed by atoms with Gasteiger partial charge < -0.3 is 14.4 Å². The molecule has 1 saturated carbocycles. The summed E-state index contributed by atoms with van der Waals surface area (Å²) in [5.74, 6) is 1.07. The van der Waals surface area contributed by atoms with E-state index < -0.39 is 5.41 Å². The first-order chi connectivity index (χ1) is 22.8. The number of rotatable bonds is 3. The first kappa shape index (κ1) is 32.5. The van der Waals surface area contributed by atoms with Crippen molar-refractivity contribution < 1.29 is 18.7 Å². The number of amides is 1. The van der Waals surface area contributed by atoms with Crippen LogP contribution < -0.4 is 14.4 Å². The maximum Gasteiger partial charge on any atom is 0.261 e. The van der Waals surface area contributed by atoms with E-state index in [0.717, 1.165) is 67.8 Å². The van der Waals surface area contributed by atoms with Gasteiger partial charge in [0.15, 0.2) is 0 Å². The summed E-state index contributed by atoms with van der Waals surface area (Å²) in [5.41, 5.74) is 5.02. The number of nitrogens with one attached hydrogen (secondary N) is 1. The Labute approximate surface area is 286 Å². The molecule has 3 aromatic rings. The van der Waals surface area contributed by atoms with E-state index in [1.54, 1.807) is 6.07 Å². The van der Waals surface area contributed by atoms with Crippen molar-refractivity contribution in [1.29, 1.82) is 0 Å². The fourth-order valence-electron chi connectivity index (χ4n) is 7.98. The number of ether oxygens (including phenoxy) is 2. The largest absolute Gasteiger partial charge is 0.490 e. The maximum absolute atomic E-state index is 15.4. The molecule has 5 atom stereocenters. The maximum atomic E-state index is 15.4. The zero-order chi connectivity index (χ0) is 32.5. The molecule has 2 aliphatic heterocycles. The van der Waals surface area contributed by atoms with Gasteiger partial charge in [0, 0.05) is 35.5 Å². The Morgan fingerprint density at radius 1 is 1.19 bits per heavy atom. The number of hydrogen-bond donors (Lipinski definition) is 1. The van der Waals surface area contributed by atoms with E-state index in [1.807, 2.05) is 48.7 Å². The Hall–Kier alpha value is -3.07. The van der Waals surface area contributed by atoms with Gasteiger partial charge >= 0.3 is 0 Å². The van der Waals surface area contributed by atoms with E-state index in [0.29, 0.717) is 49.1 Å². The van der Waals surface area contributed by atoms with E-state index in [-0.39, 0.29) is 28.1 Å². The highest BCUT2D eigenvalue weighted by atomic mass is 35.5. The molecule has 0 radical (unpaired) electrons. The van der Waals surface area contributed by atoms with E-state index >= 15 is 4.39 Å². The number of halogens is 2. The summed E-state index contributed by atoms with van der Waals surface area (Å²) < 4.78 is 31.9. The molecule has 47 heavy (non-hydrogen) atoms. The molecule has 1 amide bonds. The van der Waals surface area contributed by atoms with Crippen LogP contribution in [0, 0.1) is 17.7 Å². The van der Waals surface area contributed by atoms with E-state index in [4.69, 9.17) is 21.1 Å². The number of hydrogen-bond acceptors (Lipinski definition) is 6. The average molecular weight is 676 g/mol. The molecule has 6 nitrogen and oxygen atoms in total. The molecular formula is C38H43ClFN3O3S. The van der Waals surface area contributed by atoms with Crippen LogP contribution in [0.3, 0.4) is 0 Å². The normalized spacial score (nSPS) is 28.9. The fraction of sp³-hybridized carbons (Fsp3) is 0.474. The van der Waals surface area contributed by atoms with Gasteiger partial charge in [0.2, 0.25) is 0 Å². The second-order valence-electron chi connectivity index (χ2n) is 13.8. The van der Waals surface area contributed by atoms with Gasteiger partial charge in [-0.3, -0.25) is 14.5 Å². The van der Waals surface area contributed by atoms with Crippen LogP contribution in [-0.4, -0.2) is 41.9 Å². The highest BCUT2D eigenvalue weighted by Crippen LogP contribution is 2.48. The number of anilines is 1. The zero-order valence-corrected chi connectivity index (χ0v) is 28.7. The van der Waals surface area contributed by atoms with Gasteiger partial charge in [-0.1, -0.05) is 36.7 Å². The lowest BCUT2D eigenvalue weighted by atomic mass is 9.67. The molecule has 1 spiro atoms. The van der Waals surface area contributed by atoms with Gasteiger partial charge in [-0.15, -0.1) is 0 Å². The summed E-state index contributed by atoms with van der Waals surface area (Å²) in [5, 5.41) is 0.421. The van der Waals surface area contributed by atoms with Crippen LogP contribution in [0.4, 0.5) is 10.1 Å². The highest BCUT2D eigenvalue weighted by molar-refractivity contribution is 7.98. The minimum atomic E-state index is -0.406. The molecule has 2 aromatic carbocycles. The quantitative estimate of drug-likeness (QED) is 0.222. The number of allylic oxidation sites excluding steroid dienone is 1. The minimum Gasteiger partial charge on any atom is -0.490 e. The number of benzene rings is 2. The average Bonchev–Trinajstić information content (AvgIpc) is 3.22. The number of pyridine rings is 1. The minimum absolute atomic E-state index is 0.0130. The lowest BCUT2D eigenvalue weighted by molar-refractivity contribution is -0.0302. The van der Waals surface area contributed by atoms with Crippen molar-refractivity contribution in [1.82, 2.24) is 9.71 Å². The van der Waals surface area contributed by atoms with Crippen molar-refractivity contribution in [2.45, 2.75) is 82.2 Å². The molecule has 1 N–H and O–H groups in total. The molecule has 2 aliphatic carbocycles. The predicted octanol–water partition coefficient (Wildman–Crippen LogP) is 8.47. The van der Waals surface area contributed by atoms with Crippen molar-refractivity contribution in [2.75, 3.05) is 24.6 Å². The molecule has 0 saturated heterocycles. The molecule has 2 bridgehead atoms. The summed E-state index contributed by atoms with van der Waals surface area (Å²) in [6.07, 6.45) is 10.6. The SMILES string of the molecule is C/C1=C\CCC(C)SNC(=O)c2ccc3c(c2)N(C[C@@H]2CCC2C1OCc1ccccn1)CC1(CCCc2c1ccc(Cl)c2F)CO3. The Morgan fingerprint density at radius 2 is 2.09 bits per heavy atom. The second-order valence-corrected chi connectivity index (χ2v) is 15.5. The summed E-state index contributed by atoms with van der Waals surface area (Å²) in [4.78, 5) is 20.3. The van der Waals surface area contributed by atoms with Crippen LogP contribution in [0.25, 0.3) is 0 Å². The number of nitrogens with zero attached hydrogens (tertiary/aromatic N) is 2. The smallest absolute Gasteiger partial charge is 0.261 e. The molecule has 248 valence electrons. The van der Waals surface area contributed by atoms with Gasteiger partial charge in [-0.2, -0.15) is 0 Å². The van der Waals surface area contributed by atoms with Crippen molar-refractivity contribution in [3.05, 3.63) is 99.6 Å². The van der Waals surface area contributed by atoms with Crippen molar-refractivity contribution in [2.24, 2.45) is 11.8 Å². The standard InChI is InChI=1S/C38H43ClFN3O3S/c1-24-7-5-8-25(2)47-42-37(44)26-12-16-34-33(19-26)43(20-27-11-13-29(27)36(24)45-21-28-9-3-4-18-41-28)22-38(23-46-34)17-6-10-30-31(38)14-15-32(39)35(30)40/h3-4,7,9,12,14-16,18-19,25,27,29,36H,5-6,8,10-11,13,17,20-23H2,1-2H3,(H,42,44)/b24-7+/t25?,27-,29?,36?,38?/m0/s1. The van der Waals surface area contributed by atoms with Gasteiger partial charge in [0.25, 0.3) is 5.91 Å². The summed E-state index contributed by atoms with van der Waals surface area (Å²) in [6, 6.07) is 15.4. The molecular weight excluding hydrogens is 633 g/mol. The Bertz CT molecular complexity index is 1650. The number of carbonyl (C=O) groups is 1. The van der Waals surface area contributed by atoms with Crippen LogP contribution >= 0.6 is 23.5 Å². The van der Waals surface area contributed by atoms with Crippen LogP contribution in [0.5, 0.6) is 5.75 Å². The lowest BCUT2D eigenvalue weighted by Crippen LogP contribution is -2.50. The highest BCUT2D eigenvalue weighted by Gasteiger charge is 2.45. The topological polar surface area (TPSA) is 63.7 Å². The molecule has 1 fully saturated rings. The van der Waals surface area contributed by atoms with Crippen LogP contribution in [0.2, 0.25) is 5.02 Å². The van der Waals surface area contributed by atoms with Crippen molar-refractivity contribution in [3.8, 4) is 5.75 Å². The molecule has 7 rings (SSSR count). The lowest BCUT2D eigenvalue weighted by Gasteiger charge is -2.46. The summed E-state index contributed by atoms with van der Waals surface area (Å²) in [7, 11) is 0. The third-order valence-corrected chi connectivity index (χ3v) is 11.9. The third kappa shape index (κ3) is 6.66. The third-order valence-electron chi connectivity index (χ3n) is 10.7. The first-order valence-corrected chi connectivity index (χ1v) is 18.2. The Balaban J connectivity index is 1.26. The summed E-state index contributed by atoms with van der Waals surface area (Å²) >= 11 is 7.74. The van der Waals surface area contributed by atoms with Crippen LogP contribution in [0.15, 0.2) is 66.4 Å². The molecule has 3 heterocycles. The molecule has 4 aliphatic rings. The Morgan fingerprint density at radius 3 is 2.89 bits per heavy atom. The predicted molar refractivity (Wildman–Crippen MR) is 187 cm³/mol. The number of fused-ring (bicyclic) bond motifs is 4.